The Morgan fingerprint density at radius 1 is 1.08 bits per heavy atom. The van der Waals surface area contributed by atoms with Crippen LogP contribution in [0.25, 0.3) is 6.08 Å². The third-order valence-electron chi connectivity index (χ3n) is 3.61. The number of carbonyl (C=O) groups is 1. The van der Waals surface area contributed by atoms with Gasteiger partial charge in [-0.2, -0.15) is 0 Å². The van der Waals surface area contributed by atoms with Crippen LogP contribution >= 0.6 is 0 Å². The number of hydrogen-bond donors (Lipinski definition) is 0. The highest BCUT2D eigenvalue weighted by Crippen LogP contribution is 2.14. The van der Waals surface area contributed by atoms with Crippen LogP contribution in [0.15, 0.2) is 60.7 Å². The molecule has 0 heterocycles. The molecule has 26 heavy (non-hydrogen) atoms. The lowest BCUT2D eigenvalue weighted by Crippen LogP contribution is -2.36. The van der Waals surface area contributed by atoms with Crippen LogP contribution in [0, 0.1) is 5.82 Å². The molecule has 4 heteroatoms. The number of ether oxygens (including phenoxy) is 1. The van der Waals surface area contributed by atoms with Crippen LogP contribution in [-0.2, 0) is 11.3 Å². The minimum atomic E-state index is -0.532. The van der Waals surface area contributed by atoms with E-state index in [-0.39, 0.29) is 11.9 Å². The Morgan fingerprint density at radius 2 is 1.73 bits per heavy atom. The van der Waals surface area contributed by atoms with Crippen LogP contribution in [0.1, 0.15) is 38.3 Å². The SMILES string of the molecule is CC(C)(C)OC(=O)N(CCC=Cc1ccc(F)cc1)Cc1ccccc1. The van der Waals surface area contributed by atoms with Gasteiger partial charge in [0.15, 0.2) is 0 Å². The molecule has 0 aromatic heterocycles. The average Bonchev–Trinajstić information content (AvgIpc) is 2.58. The van der Waals surface area contributed by atoms with Gasteiger partial charge in [-0.1, -0.05) is 54.6 Å². The Kier molecular flexibility index (Phi) is 6.96. The number of benzene rings is 2. The molecule has 3 nitrogen and oxygen atoms in total. The molecule has 0 aliphatic rings. The maximum Gasteiger partial charge on any atom is 0.410 e. The fourth-order valence-electron chi connectivity index (χ4n) is 2.39. The molecule has 0 saturated carbocycles. The molecule has 0 unspecified atom stereocenters. The molecule has 0 bridgehead atoms. The minimum absolute atomic E-state index is 0.249. The van der Waals surface area contributed by atoms with E-state index in [9.17, 15) is 9.18 Å². The molecule has 138 valence electrons. The predicted molar refractivity (Wildman–Crippen MR) is 103 cm³/mol. The second-order valence-corrected chi connectivity index (χ2v) is 7.13. The molecular weight excluding hydrogens is 329 g/mol. The quantitative estimate of drug-likeness (QED) is 0.668. The van der Waals surface area contributed by atoms with E-state index in [1.165, 1.54) is 12.1 Å². The topological polar surface area (TPSA) is 29.5 Å². The first-order valence-corrected chi connectivity index (χ1v) is 8.77. The van der Waals surface area contributed by atoms with Crippen LogP contribution in [0.5, 0.6) is 0 Å². The Bertz CT molecular complexity index is 718. The van der Waals surface area contributed by atoms with Crippen LogP contribution in [0.4, 0.5) is 9.18 Å². The van der Waals surface area contributed by atoms with E-state index in [0.29, 0.717) is 19.5 Å². The highest BCUT2D eigenvalue weighted by molar-refractivity contribution is 5.68. The molecule has 0 spiro atoms. The average molecular weight is 355 g/mol. The van der Waals surface area contributed by atoms with Crippen molar-refractivity contribution >= 4 is 12.2 Å². The van der Waals surface area contributed by atoms with Gasteiger partial charge in [-0.05, 0) is 50.5 Å². The molecule has 0 aliphatic heterocycles. The Morgan fingerprint density at radius 3 is 2.35 bits per heavy atom. The fourth-order valence-corrected chi connectivity index (χ4v) is 2.39. The highest BCUT2D eigenvalue weighted by atomic mass is 19.1. The molecule has 0 N–H and O–H groups in total. The van der Waals surface area contributed by atoms with Gasteiger partial charge in [0.1, 0.15) is 11.4 Å². The zero-order chi connectivity index (χ0) is 19.0. The summed E-state index contributed by atoms with van der Waals surface area (Å²) in [5.41, 5.74) is 1.45. The van der Waals surface area contributed by atoms with E-state index in [2.05, 4.69) is 0 Å². The summed E-state index contributed by atoms with van der Waals surface area (Å²) in [5, 5.41) is 0. The van der Waals surface area contributed by atoms with Crippen molar-refractivity contribution in [2.45, 2.75) is 39.3 Å². The standard InChI is InChI=1S/C22H26FNO2/c1-22(2,3)26-21(25)24(17-19-10-5-4-6-11-19)16-8-7-9-18-12-14-20(23)15-13-18/h4-7,9-15H,8,16-17H2,1-3H3. The maximum atomic E-state index is 12.9. The lowest BCUT2D eigenvalue weighted by molar-refractivity contribution is 0.0237. The first-order chi connectivity index (χ1) is 12.3. The van der Waals surface area contributed by atoms with E-state index in [4.69, 9.17) is 4.74 Å². The van der Waals surface area contributed by atoms with Gasteiger partial charge in [0.25, 0.3) is 0 Å². The second-order valence-electron chi connectivity index (χ2n) is 7.13. The summed E-state index contributed by atoms with van der Waals surface area (Å²) in [7, 11) is 0. The van der Waals surface area contributed by atoms with E-state index in [0.717, 1.165) is 11.1 Å². The number of hydrogen-bond acceptors (Lipinski definition) is 2. The van der Waals surface area contributed by atoms with Crippen molar-refractivity contribution in [2.24, 2.45) is 0 Å². The van der Waals surface area contributed by atoms with Crippen molar-refractivity contribution in [1.29, 1.82) is 0 Å². The van der Waals surface area contributed by atoms with Crippen LogP contribution in [-0.4, -0.2) is 23.1 Å². The van der Waals surface area contributed by atoms with E-state index in [1.54, 1.807) is 17.0 Å². The number of rotatable bonds is 6. The van der Waals surface area contributed by atoms with E-state index >= 15 is 0 Å². The summed E-state index contributed by atoms with van der Waals surface area (Å²) in [4.78, 5) is 14.2. The summed E-state index contributed by atoms with van der Waals surface area (Å²) >= 11 is 0. The third kappa shape index (κ3) is 7.09. The molecule has 2 aromatic rings. The molecule has 2 rings (SSSR count). The zero-order valence-electron chi connectivity index (χ0n) is 15.6. The van der Waals surface area contributed by atoms with E-state index in [1.807, 2.05) is 63.3 Å². The van der Waals surface area contributed by atoms with Gasteiger partial charge in [-0.3, -0.25) is 0 Å². The number of halogens is 1. The molecule has 0 radical (unpaired) electrons. The number of carbonyl (C=O) groups excluding carboxylic acids is 1. The lowest BCUT2D eigenvalue weighted by Gasteiger charge is -2.27. The monoisotopic (exact) mass is 355 g/mol. The van der Waals surface area contributed by atoms with Crippen molar-refractivity contribution in [3.8, 4) is 0 Å². The van der Waals surface area contributed by atoms with E-state index < -0.39 is 5.60 Å². The Hall–Kier alpha value is -2.62. The molecular formula is C22H26FNO2. The third-order valence-corrected chi connectivity index (χ3v) is 3.61. The summed E-state index contributed by atoms with van der Waals surface area (Å²) in [5.74, 6) is -0.249. The summed E-state index contributed by atoms with van der Waals surface area (Å²) < 4.78 is 18.5. The van der Waals surface area contributed by atoms with Gasteiger partial charge in [0.2, 0.25) is 0 Å². The van der Waals surface area contributed by atoms with Crippen molar-refractivity contribution < 1.29 is 13.9 Å². The highest BCUT2D eigenvalue weighted by Gasteiger charge is 2.21. The first-order valence-electron chi connectivity index (χ1n) is 8.77. The van der Waals surface area contributed by atoms with Gasteiger partial charge >= 0.3 is 6.09 Å². The van der Waals surface area contributed by atoms with Gasteiger partial charge in [0.05, 0.1) is 0 Å². The summed E-state index contributed by atoms with van der Waals surface area (Å²) in [6.07, 6.45) is 4.27. The van der Waals surface area contributed by atoms with Crippen molar-refractivity contribution in [2.75, 3.05) is 6.54 Å². The lowest BCUT2D eigenvalue weighted by atomic mass is 10.2. The van der Waals surface area contributed by atoms with Crippen LogP contribution in [0.3, 0.4) is 0 Å². The van der Waals surface area contributed by atoms with Gasteiger partial charge in [-0.25, -0.2) is 9.18 Å². The number of nitrogens with zero attached hydrogens (tertiary/aromatic N) is 1. The molecule has 0 atom stereocenters. The number of amides is 1. The molecule has 1 amide bonds. The molecule has 0 saturated heterocycles. The smallest absolute Gasteiger partial charge is 0.410 e. The molecule has 2 aromatic carbocycles. The van der Waals surface area contributed by atoms with Crippen LogP contribution in [0.2, 0.25) is 0 Å². The summed E-state index contributed by atoms with van der Waals surface area (Å²) in [6.45, 7) is 6.63. The Balaban J connectivity index is 1.98. The van der Waals surface area contributed by atoms with Crippen molar-refractivity contribution in [3.05, 3.63) is 77.6 Å². The van der Waals surface area contributed by atoms with Gasteiger partial charge in [-0.15, -0.1) is 0 Å². The fraction of sp³-hybridized carbons (Fsp3) is 0.318. The minimum Gasteiger partial charge on any atom is -0.444 e. The molecule has 0 fully saturated rings. The maximum absolute atomic E-state index is 12.9. The van der Waals surface area contributed by atoms with Gasteiger partial charge < -0.3 is 9.64 Å². The van der Waals surface area contributed by atoms with Crippen molar-refractivity contribution in [1.82, 2.24) is 4.90 Å². The van der Waals surface area contributed by atoms with Crippen molar-refractivity contribution in [3.63, 3.8) is 0 Å². The Labute approximate surface area is 155 Å². The molecule has 0 aliphatic carbocycles. The summed E-state index contributed by atoms with van der Waals surface area (Å²) in [6, 6.07) is 16.2. The first kappa shape index (κ1) is 19.7. The van der Waals surface area contributed by atoms with Crippen LogP contribution < -0.4 is 0 Å². The zero-order valence-corrected chi connectivity index (χ0v) is 15.6. The van der Waals surface area contributed by atoms with Gasteiger partial charge in [0, 0.05) is 13.1 Å². The normalized spacial score (nSPS) is 11.5. The predicted octanol–water partition coefficient (Wildman–Crippen LogP) is 5.67. The largest absolute Gasteiger partial charge is 0.444 e. The second kappa shape index (κ2) is 9.18.